The molecular formula is C16H16N2. The van der Waals surface area contributed by atoms with Gasteiger partial charge < -0.3 is 9.97 Å². The summed E-state index contributed by atoms with van der Waals surface area (Å²) >= 11 is 0. The van der Waals surface area contributed by atoms with E-state index in [0.29, 0.717) is 0 Å². The molecule has 18 heavy (non-hydrogen) atoms. The van der Waals surface area contributed by atoms with E-state index < -0.39 is 0 Å². The molecule has 0 spiro atoms. The molecule has 0 atom stereocenters. The van der Waals surface area contributed by atoms with Gasteiger partial charge in [-0.05, 0) is 37.6 Å². The van der Waals surface area contributed by atoms with E-state index in [-0.39, 0.29) is 0 Å². The number of aryl methyl sites for hydroxylation is 2. The summed E-state index contributed by atoms with van der Waals surface area (Å²) < 4.78 is 0. The average Bonchev–Trinajstić information content (AvgIpc) is 2.81. The van der Waals surface area contributed by atoms with Crippen LogP contribution >= 0.6 is 0 Å². The first-order valence-electron chi connectivity index (χ1n) is 6.09. The van der Waals surface area contributed by atoms with Crippen LogP contribution in [-0.2, 0) is 0 Å². The summed E-state index contributed by atoms with van der Waals surface area (Å²) in [7, 11) is 0. The SMILES string of the molecule is C=c1[nH]c2ccccc2/c1=C/c1[nH]c(C)cc1C. The summed E-state index contributed by atoms with van der Waals surface area (Å²) in [5.41, 5.74) is 4.73. The normalized spacial score (nSPS) is 12.4. The molecule has 0 aliphatic carbocycles. The van der Waals surface area contributed by atoms with Gasteiger partial charge in [0.2, 0.25) is 0 Å². The van der Waals surface area contributed by atoms with Gasteiger partial charge in [-0.15, -0.1) is 0 Å². The third kappa shape index (κ3) is 1.66. The molecule has 2 N–H and O–H groups in total. The molecule has 0 saturated carbocycles. The van der Waals surface area contributed by atoms with Crippen molar-refractivity contribution >= 4 is 23.6 Å². The molecule has 0 fully saturated rings. The van der Waals surface area contributed by atoms with E-state index >= 15 is 0 Å². The first kappa shape index (κ1) is 10.9. The number of fused-ring (bicyclic) bond motifs is 1. The first-order chi connectivity index (χ1) is 8.65. The standard InChI is InChI=1S/C16H16N2/c1-10-8-11(2)17-16(10)9-14-12(3)18-15-7-5-4-6-13(14)15/h4-9,17-18H,3H2,1-2H3/b14-9+. The number of hydrogen-bond acceptors (Lipinski definition) is 0. The molecule has 3 rings (SSSR count). The van der Waals surface area contributed by atoms with Crippen molar-refractivity contribution in [3.8, 4) is 0 Å². The van der Waals surface area contributed by atoms with Crippen LogP contribution < -0.4 is 10.6 Å². The summed E-state index contributed by atoms with van der Waals surface area (Å²) in [6.45, 7) is 8.28. The Morgan fingerprint density at radius 2 is 1.89 bits per heavy atom. The van der Waals surface area contributed by atoms with E-state index in [2.05, 4.69) is 60.7 Å². The Morgan fingerprint density at radius 3 is 2.61 bits per heavy atom. The summed E-state index contributed by atoms with van der Waals surface area (Å²) in [6.07, 6.45) is 2.17. The molecule has 90 valence electrons. The zero-order valence-corrected chi connectivity index (χ0v) is 10.7. The predicted octanol–water partition coefficient (Wildman–Crippen LogP) is 2.35. The molecule has 0 unspecified atom stereocenters. The maximum absolute atomic E-state index is 4.09. The van der Waals surface area contributed by atoms with Crippen LogP contribution in [0.5, 0.6) is 0 Å². The molecule has 0 bridgehead atoms. The smallest absolute Gasteiger partial charge is 0.0464 e. The maximum Gasteiger partial charge on any atom is 0.0464 e. The van der Waals surface area contributed by atoms with Crippen LogP contribution in [0, 0.1) is 13.8 Å². The highest BCUT2D eigenvalue weighted by atomic mass is 14.7. The number of nitrogens with one attached hydrogen (secondary N) is 2. The monoisotopic (exact) mass is 236 g/mol. The summed E-state index contributed by atoms with van der Waals surface area (Å²) in [4.78, 5) is 6.69. The molecule has 2 heteroatoms. The Balaban J connectivity index is 2.35. The van der Waals surface area contributed by atoms with Crippen molar-refractivity contribution in [2.45, 2.75) is 13.8 Å². The van der Waals surface area contributed by atoms with Gasteiger partial charge in [0.15, 0.2) is 0 Å². The number of aromatic nitrogens is 2. The second-order valence-electron chi connectivity index (χ2n) is 4.76. The van der Waals surface area contributed by atoms with Crippen LogP contribution in [-0.4, -0.2) is 9.97 Å². The molecule has 0 aliphatic rings. The zero-order chi connectivity index (χ0) is 12.7. The molecule has 0 amide bonds. The van der Waals surface area contributed by atoms with Crippen LogP contribution in [0.25, 0.3) is 23.6 Å². The van der Waals surface area contributed by atoms with Crippen LogP contribution in [0.1, 0.15) is 17.0 Å². The summed E-state index contributed by atoms with van der Waals surface area (Å²) in [5, 5.41) is 3.34. The zero-order valence-electron chi connectivity index (χ0n) is 10.7. The lowest BCUT2D eigenvalue weighted by atomic mass is 10.2. The third-order valence-electron chi connectivity index (χ3n) is 3.31. The molecule has 2 nitrogen and oxygen atoms in total. The summed E-state index contributed by atoms with van der Waals surface area (Å²) in [5.74, 6) is 0. The highest BCUT2D eigenvalue weighted by Crippen LogP contribution is 2.10. The molecule has 0 saturated heterocycles. The van der Waals surface area contributed by atoms with Crippen molar-refractivity contribution in [1.29, 1.82) is 0 Å². The fourth-order valence-electron chi connectivity index (χ4n) is 2.43. The van der Waals surface area contributed by atoms with Crippen molar-refractivity contribution in [3.63, 3.8) is 0 Å². The number of rotatable bonds is 1. The molecule has 1 aromatic carbocycles. The van der Waals surface area contributed by atoms with Crippen molar-refractivity contribution < 1.29 is 0 Å². The number of aromatic amines is 2. The number of H-pyrrole nitrogens is 2. The van der Waals surface area contributed by atoms with E-state index in [4.69, 9.17) is 0 Å². The van der Waals surface area contributed by atoms with E-state index in [1.807, 2.05) is 6.07 Å². The Labute approximate surface area is 106 Å². The minimum absolute atomic E-state index is 0.961. The first-order valence-corrected chi connectivity index (χ1v) is 6.09. The van der Waals surface area contributed by atoms with Crippen molar-refractivity contribution in [3.05, 3.63) is 57.9 Å². The Hall–Kier alpha value is -2.22. The topological polar surface area (TPSA) is 31.6 Å². The Bertz CT molecular complexity index is 819. The van der Waals surface area contributed by atoms with Crippen LogP contribution in [0.3, 0.4) is 0 Å². The molecule has 2 aromatic heterocycles. The van der Waals surface area contributed by atoms with Crippen molar-refractivity contribution in [2.75, 3.05) is 0 Å². The average molecular weight is 236 g/mol. The lowest BCUT2D eigenvalue weighted by Crippen LogP contribution is -2.20. The van der Waals surface area contributed by atoms with Gasteiger partial charge in [-0.2, -0.15) is 0 Å². The van der Waals surface area contributed by atoms with E-state index in [1.165, 1.54) is 16.6 Å². The highest BCUT2D eigenvalue weighted by molar-refractivity contribution is 5.81. The van der Waals surface area contributed by atoms with E-state index in [1.54, 1.807) is 0 Å². The van der Waals surface area contributed by atoms with Gasteiger partial charge in [0, 0.05) is 32.9 Å². The molecule has 0 aliphatic heterocycles. The van der Waals surface area contributed by atoms with Crippen molar-refractivity contribution in [2.24, 2.45) is 0 Å². The Morgan fingerprint density at radius 1 is 1.11 bits per heavy atom. The molecular weight excluding hydrogens is 220 g/mol. The lowest BCUT2D eigenvalue weighted by molar-refractivity contribution is 1.24. The minimum atomic E-state index is 0.961. The van der Waals surface area contributed by atoms with E-state index in [0.717, 1.165) is 21.8 Å². The fraction of sp³-hybridized carbons (Fsp3) is 0.125. The molecule has 2 heterocycles. The van der Waals surface area contributed by atoms with Gasteiger partial charge in [0.1, 0.15) is 0 Å². The van der Waals surface area contributed by atoms with E-state index in [9.17, 15) is 0 Å². The van der Waals surface area contributed by atoms with Crippen LogP contribution in [0.2, 0.25) is 0 Å². The number of hydrogen-bond donors (Lipinski definition) is 2. The quantitative estimate of drug-likeness (QED) is 0.650. The minimum Gasteiger partial charge on any atom is -0.359 e. The second kappa shape index (κ2) is 3.91. The maximum atomic E-state index is 4.09. The van der Waals surface area contributed by atoms with Gasteiger partial charge >= 0.3 is 0 Å². The largest absolute Gasteiger partial charge is 0.359 e. The van der Waals surface area contributed by atoms with Gasteiger partial charge in [0.05, 0.1) is 0 Å². The van der Waals surface area contributed by atoms with Gasteiger partial charge in [-0.1, -0.05) is 24.8 Å². The van der Waals surface area contributed by atoms with Crippen LogP contribution in [0.15, 0.2) is 30.3 Å². The van der Waals surface area contributed by atoms with Gasteiger partial charge in [0.25, 0.3) is 0 Å². The number of para-hydroxylation sites is 1. The van der Waals surface area contributed by atoms with Gasteiger partial charge in [-0.25, -0.2) is 0 Å². The van der Waals surface area contributed by atoms with Crippen molar-refractivity contribution in [1.82, 2.24) is 9.97 Å². The summed E-state index contributed by atoms with van der Waals surface area (Å²) in [6, 6.07) is 10.4. The predicted molar refractivity (Wildman–Crippen MR) is 76.9 cm³/mol. The molecule has 0 radical (unpaired) electrons. The fourth-order valence-corrected chi connectivity index (χ4v) is 2.43. The van der Waals surface area contributed by atoms with Crippen LogP contribution in [0.4, 0.5) is 0 Å². The third-order valence-corrected chi connectivity index (χ3v) is 3.31. The molecule has 3 aromatic rings. The lowest BCUT2D eigenvalue weighted by Gasteiger charge is -1.91. The van der Waals surface area contributed by atoms with Gasteiger partial charge in [-0.3, -0.25) is 0 Å². The highest BCUT2D eigenvalue weighted by Gasteiger charge is 2.01. The number of benzene rings is 1. The Kier molecular flexibility index (Phi) is 2.37. The second-order valence-corrected chi connectivity index (χ2v) is 4.76.